The van der Waals surface area contributed by atoms with Crippen LogP contribution in [0.1, 0.15) is 59.9 Å². The van der Waals surface area contributed by atoms with Gasteiger partial charge in [-0.1, -0.05) is 32.1 Å². The molecule has 0 bridgehead atoms. The van der Waals surface area contributed by atoms with Crippen LogP contribution in [0, 0.1) is 5.92 Å². The van der Waals surface area contributed by atoms with Crippen molar-refractivity contribution >= 4 is 23.1 Å². The monoisotopic (exact) mass is 296 g/mol. The zero-order valence-corrected chi connectivity index (χ0v) is 13.1. The fourth-order valence-corrected chi connectivity index (χ4v) is 5.81. The highest BCUT2D eigenvalue weighted by molar-refractivity contribution is 7.98. The van der Waals surface area contributed by atoms with Crippen molar-refractivity contribution in [1.82, 2.24) is 5.43 Å². The lowest BCUT2D eigenvalue weighted by Crippen LogP contribution is -2.29. The second-order valence-corrected chi connectivity index (χ2v) is 8.13. The second kappa shape index (κ2) is 6.61. The molecule has 0 amide bonds. The lowest BCUT2D eigenvalue weighted by Gasteiger charge is -2.25. The molecule has 0 radical (unpaired) electrons. The van der Waals surface area contributed by atoms with Crippen molar-refractivity contribution in [2.75, 3.05) is 5.75 Å². The summed E-state index contributed by atoms with van der Waals surface area (Å²) in [5.41, 5.74) is 4.65. The Hall–Kier alpha value is -0.0300. The van der Waals surface area contributed by atoms with Crippen molar-refractivity contribution < 1.29 is 0 Å². The lowest BCUT2D eigenvalue weighted by atomic mass is 9.84. The minimum absolute atomic E-state index is 0.378. The number of rotatable bonds is 4. The van der Waals surface area contributed by atoms with Gasteiger partial charge in [-0.25, -0.2) is 0 Å². The van der Waals surface area contributed by atoms with Gasteiger partial charge in [0.25, 0.3) is 0 Å². The van der Waals surface area contributed by atoms with Crippen molar-refractivity contribution in [3.8, 4) is 0 Å². The van der Waals surface area contributed by atoms with E-state index in [0.29, 0.717) is 6.04 Å². The first-order valence-electron chi connectivity index (χ1n) is 7.52. The van der Waals surface area contributed by atoms with Gasteiger partial charge in [-0.15, -0.1) is 11.3 Å². The molecule has 2 aliphatic rings. The normalized spacial score (nSPS) is 22.2. The van der Waals surface area contributed by atoms with Crippen LogP contribution in [0.3, 0.4) is 0 Å². The standard InChI is InChI=1S/C15H24N2S2/c16-17-13(8-11-4-2-1-3-5-11)15-9-12-10-18-7-6-14(12)19-15/h9,11,13,17H,1-8,10,16H2. The molecule has 1 aliphatic heterocycles. The predicted octanol–water partition coefficient (Wildman–Crippen LogP) is 4.01. The zero-order valence-electron chi connectivity index (χ0n) is 11.5. The number of fused-ring (bicyclic) bond motifs is 1. The summed E-state index contributed by atoms with van der Waals surface area (Å²) in [6.45, 7) is 0. The molecule has 1 atom stereocenters. The van der Waals surface area contributed by atoms with E-state index in [9.17, 15) is 0 Å². The third-order valence-corrected chi connectivity index (χ3v) is 6.84. The molecule has 1 saturated carbocycles. The van der Waals surface area contributed by atoms with E-state index in [0.717, 1.165) is 5.92 Å². The minimum atomic E-state index is 0.378. The summed E-state index contributed by atoms with van der Waals surface area (Å²) in [7, 11) is 0. The van der Waals surface area contributed by atoms with Crippen LogP contribution in [0.2, 0.25) is 0 Å². The van der Waals surface area contributed by atoms with E-state index in [2.05, 4.69) is 23.3 Å². The number of aryl methyl sites for hydroxylation is 1. The van der Waals surface area contributed by atoms with Crippen molar-refractivity contribution in [2.45, 2.75) is 56.7 Å². The first-order valence-corrected chi connectivity index (χ1v) is 9.49. The molecule has 1 aromatic heterocycles. The average Bonchev–Trinajstić information content (AvgIpc) is 2.89. The first kappa shape index (κ1) is 13.9. The summed E-state index contributed by atoms with van der Waals surface area (Å²) in [6, 6.07) is 2.79. The molecule has 4 heteroatoms. The van der Waals surface area contributed by atoms with Crippen molar-refractivity contribution in [3.05, 3.63) is 21.4 Å². The number of hydrogen-bond donors (Lipinski definition) is 2. The van der Waals surface area contributed by atoms with Crippen LogP contribution in [0.25, 0.3) is 0 Å². The maximum absolute atomic E-state index is 5.83. The van der Waals surface area contributed by atoms with Gasteiger partial charge in [0.05, 0.1) is 6.04 Å². The van der Waals surface area contributed by atoms with Gasteiger partial charge in [0, 0.05) is 15.5 Å². The minimum Gasteiger partial charge on any atom is -0.271 e. The van der Waals surface area contributed by atoms with Gasteiger partial charge in [-0.3, -0.25) is 11.3 Å². The molecular weight excluding hydrogens is 272 g/mol. The Bertz CT molecular complexity index is 387. The molecule has 19 heavy (non-hydrogen) atoms. The summed E-state index contributed by atoms with van der Waals surface area (Å²) < 4.78 is 0. The van der Waals surface area contributed by atoms with Crippen molar-refractivity contribution in [1.29, 1.82) is 0 Å². The quantitative estimate of drug-likeness (QED) is 0.651. The SMILES string of the molecule is NNC(CC1CCCCC1)c1cc2c(s1)CCSC2. The molecule has 2 nitrogen and oxygen atoms in total. The van der Waals surface area contributed by atoms with Gasteiger partial charge in [0.1, 0.15) is 0 Å². The maximum Gasteiger partial charge on any atom is 0.0556 e. The molecule has 2 heterocycles. The van der Waals surface area contributed by atoms with E-state index in [1.54, 1.807) is 10.4 Å². The largest absolute Gasteiger partial charge is 0.271 e. The summed E-state index contributed by atoms with van der Waals surface area (Å²) >= 11 is 4.06. The van der Waals surface area contributed by atoms with Crippen LogP contribution in [0.4, 0.5) is 0 Å². The number of thioether (sulfide) groups is 1. The second-order valence-electron chi connectivity index (χ2n) is 5.86. The van der Waals surface area contributed by atoms with E-state index >= 15 is 0 Å². The molecule has 1 fully saturated rings. The molecule has 1 aliphatic carbocycles. The third kappa shape index (κ3) is 3.35. The summed E-state index contributed by atoms with van der Waals surface area (Å²) in [6.07, 6.45) is 9.55. The Balaban J connectivity index is 1.68. The van der Waals surface area contributed by atoms with Gasteiger partial charge in [-0.05, 0) is 36.1 Å². The molecular formula is C15H24N2S2. The molecule has 3 rings (SSSR count). The van der Waals surface area contributed by atoms with Crippen LogP contribution < -0.4 is 11.3 Å². The molecule has 0 spiro atoms. The topological polar surface area (TPSA) is 38.0 Å². The molecule has 106 valence electrons. The number of hydrazine groups is 1. The Morgan fingerprint density at radius 2 is 2.16 bits per heavy atom. The highest BCUT2D eigenvalue weighted by Crippen LogP contribution is 2.38. The summed E-state index contributed by atoms with van der Waals surface area (Å²) in [5, 5.41) is 0. The summed E-state index contributed by atoms with van der Waals surface area (Å²) in [4.78, 5) is 3.08. The average molecular weight is 297 g/mol. The fraction of sp³-hybridized carbons (Fsp3) is 0.733. The zero-order chi connectivity index (χ0) is 13.1. The van der Waals surface area contributed by atoms with Crippen LogP contribution in [-0.2, 0) is 12.2 Å². The smallest absolute Gasteiger partial charge is 0.0556 e. The molecule has 1 unspecified atom stereocenters. The third-order valence-electron chi connectivity index (χ3n) is 4.49. The Morgan fingerprint density at radius 3 is 2.89 bits per heavy atom. The number of hydrogen-bond acceptors (Lipinski definition) is 4. The highest BCUT2D eigenvalue weighted by Gasteiger charge is 2.22. The van der Waals surface area contributed by atoms with Crippen LogP contribution in [-0.4, -0.2) is 5.75 Å². The first-order chi connectivity index (χ1) is 9.36. The Labute approximate surface area is 124 Å². The molecule has 1 aromatic rings. The van der Waals surface area contributed by atoms with E-state index in [1.807, 2.05) is 11.3 Å². The lowest BCUT2D eigenvalue weighted by molar-refractivity contribution is 0.302. The predicted molar refractivity (Wildman–Crippen MR) is 85.4 cm³/mol. The van der Waals surface area contributed by atoms with E-state index in [-0.39, 0.29) is 0 Å². The number of thiophene rings is 1. The van der Waals surface area contributed by atoms with Crippen LogP contribution in [0.5, 0.6) is 0 Å². The number of nitrogens with one attached hydrogen (secondary N) is 1. The summed E-state index contributed by atoms with van der Waals surface area (Å²) in [5.74, 6) is 9.20. The van der Waals surface area contributed by atoms with E-state index in [4.69, 9.17) is 5.84 Å². The Kier molecular flexibility index (Phi) is 4.85. The van der Waals surface area contributed by atoms with Gasteiger partial charge in [0.2, 0.25) is 0 Å². The van der Waals surface area contributed by atoms with Gasteiger partial charge in [0.15, 0.2) is 0 Å². The fourth-order valence-electron chi connectivity index (χ4n) is 3.36. The van der Waals surface area contributed by atoms with Gasteiger partial charge >= 0.3 is 0 Å². The highest BCUT2D eigenvalue weighted by atomic mass is 32.2. The molecule has 0 saturated heterocycles. The van der Waals surface area contributed by atoms with Crippen molar-refractivity contribution in [3.63, 3.8) is 0 Å². The van der Waals surface area contributed by atoms with E-state index < -0.39 is 0 Å². The molecule has 0 aromatic carbocycles. The van der Waals surface area contributed by atoms with Crippen molar-refractivity contribution in [2.24, 2.45) is 11.8 Å². The molecule has 3 N–H and O–H groups in total. The van der Waals surface area contributed by atoms with Crippen LogP contribution in [0.15, 0.2) is 6.07 Å². The maximum atomic E-state index is 5.83. The van der Waals surface area contributed by atoms with E-state index in [1.165, 1.54) is 61.3 Å². The van der Waals surface area contributed by atoms with Gasteiger partial charge < -0.3 is 0 Å². The number of nitrogens with two attached hydrogens (primary N) is 1. The van der Waals surface area contributed by atoms with Crippen LogP contribution >= 0.6 is 23.1 Å². The Morgan fingerprint density at radius 1 is 1.32 bits per heavy atom. The van der Waals surface area contributed by atoms with Gasteiger partial charge in [-0.2, -0.15) is 11.8 Å².